The lowest BCUT2D eigenvalue weighted by molar-refractivity contribution is 1.32. The molecular formula is C36H22N4. The van der Waals surface area contributed by atoms with E-state index < -0.39 is 0 Å². The van der Waals surface area contributed by atoms with Crippen LogP contribution in [0.2, 0.25) is 0 Å². The first-order valence-electron chi connectivity index (χ1n) is 13.5. The molecule has 0 aliphatic heterocycles. The third-order valence-corrected chi connectivity index (χ3v) is 8.15. The highest BCUT2D eigenvalue weighted by Crippen LogP contribution is 2.37. The highest BCUT2D eigenvalue weighted by Gasteiger charge is 2.16. The van der Waals surface area contributed by atoms with Crippen molar-refractivity contribution in [2.75, 3.05) is 0 Å². The van der Waals surface area contributed by atoms with Crippen molar-refractivity contribution >= 4 is 65.2 Å². The second kappa shape index (κ2) is 8.01. The molecule has 0 amide bonds. The van der Waals surface area contributed by atoms with Crippen LogP contribution in [0.5, 0.6) is 0 Å². The Hall–Kier alpha value is -5.48. The van der Waals surface area contributed by atoms with E-state index in [4.69, 9.17) is 9.97 Å². The zero-order valence-corrected chi connectivity index (χ0v) is 21.4. The second-order valence-corrected chi connectivity index (χ2v) is 10.4. The van der Waals surface area contributed by atoms with Gasteiger partial charge in [0.05, 0.1) is 22.1 Å². The quantitative estimate of drug-likeness (QED) is 0.228. The summed E-state index contributed by atoms with van der Waals surface area (Å²) in [6, 6.07) is 42.6. The number of benzene rings is 7. The van der Waals surface area contributed by atoms with Crippen LogP contribution in [0.3, 0.4) is 0 Å². The summed E-state index contributed by atoms with van der Waals surface area (Å²) < 4.78 is 0. The van der Waals surface area contributed by atoms with Crippen molar-refractivity contribution in [2.45, 2.75) is 0 Å². The summed E-state index contributed by atoms with van der Waals surface area (Å²) in [5, 5.41) is 9.59. The lowest BCUT2D eigenvalue weighted by atomic mass is 10.0. The van der Waals surface area contributed by atoms with Crippen LogP contribution in [0.25, 0.3) is 87.9 Å². The van der Waals surface area contributed by atoms with E-state index in [1.165, 1.54) is 32.3 Å². The van der Waals surface area contributed by atoms with E-state index >= 15 is 0 Å². The average molecular weight is 511 g/mol. The fourth-order valence-electron chi connectivity index (χ4n) is 6.33. The van der Waals surface area contributed by atoms with Crippen molar-refractivity contribution in [3.63, 3.8) is 0 Å². The summed E-state index contributed by atoms with van der Waals surface area (Å²) in [5.41, 5.74) is 6.18. The Kier molecular flexibility index (Phi) is 4.30. The fourth-order valence-corrected chi connectivity index (χ4v) is 6.33. The lowest BCUT2D eigenvalue weighted by Gasteiger charge is -2.05. The lowest BCUT2D eigenvalue weighted by Crippen LogP contribution is -1.84. The van der Waals surface area contributed by atoms with Crippen LogP contribution in [0.15, 0.2) is 121 Å². The molecule has 0 aliphatic rings. The van der Waals surface area contributed by atoms with E-state index in [9.17, 15) is 0 Å². The Morgan fingerprint density at radius 1 is 0.350 bits per heavy atom. The van der Waals surface area contributed by atoms with Crippen LogP contribution >= 0.6 is 0 Å². The molecule has 2 heterocycles. The summed E-state index contributed by atoms with van der Waals surface area (Å²) >= 11 is 0. The number of fused-ring (bicyclic) bond motifs is 12. The smallest absolute Gasteiger partial charge is 0.138 e. The monoisotopic (exact) mass is 510 g/mol. The van der Waals surface area contributed by atoms with E-state index in [0.29, 0.717) is 0 Å². The van der Waals surface area contributed by atoms with Crippen molar-refractivity contribution in [3.8, 4) is 22.8 Å². The van der Waals surface area contributed by atoms with Crippen molar-refractivity contribution in [3.05, 3.63) is 121 Å². The minimum atomic E-state index is 0.852. The molecule has 0 saturated carbocycles. The molecular weight excluding hydrogens is 488 g/mol. The van der Waals surface area contributed by atoms with Crippen LogP contribution < -0.4 is 0 Å². The van der Waals surface area contributed by atoms with Crippen molar-refractivity contribution in [2.24, 2.45) is 0 Å². The molecule has 0 saturated heterocycles. The maximum atomic E-state index is 5.13. The number of hydrogen-bond donors (Lipinski definition) is 2. The topological polar surface area (TPSA) is 57.4 Å². The molecule has 0 atom stereocenters. The summed E-state index contributed by atoms with van der Waals surface area (Å²) in [7, 11) is 0. The van der Waals surface area contributed by atoms with Gasteiger partial charge in [-0.05, 0) is 27.6 Å². The van der Waals surface area contributed by atoms with Gasteiger partial charge in [0.2, 0.25) is 0 Å². The number of rotatable bonds is 2. The van der Waals surface area contributed by atoms with Crippen LogP contribution in [-0.2, 0) is 0 Å². The van der Waals surface area contributed by atoms with Gasteiger partial charge in [-0.25, -0.2) is 9.97 Å². The Morgan fingerprint density at radius 2 is 0.700 bits per heavy atom. The molecule has 9 rings (SSSR count). The molecule has 2 N–H and O–H groups in total. The molecule has 4 nitrogen and oxygen atoms in total. The van der Waals surface area contributed by atoms with Crippen LogP contribution in [0, 0.1) is 0 Å². The van der Waals surface area contributed by atoms with Gasteiger partial charge in [-0.1, -0.05) is 115 Å². The van der Waals surface area contributed by atoms with Gasteiger partial charge in [0.15, 0.2) is 0 Å². The number of nitrogens with one attached hydrogen (secondary N) is 2. The first-order valence-corrected chi connectivity index (χ1v) is 13.5. The van der Waals surface area contributed by atoms with Gasteiger partial charge in [0.1, 0.15) is 11.6 Å². The zero-order valence-electron chi connectivity index (χ0n) is 21.4. The number of nitrogens with zero attached hydrogens (tertiary/aromatic N) is 2. The highest BCUT2D eigenvalue weighted by atomic mass is 14.9. The van der Waals surface area contributed by atoms with E-state index in [0.717, 1.165) is 55.6 Å². The van der Waals surface area contributed by atoms with E-state index in [-0.39, 0.29) is 0 Å². The Bertz CT molecular complexity index is 2130. The summed E-state index contributed by atoms with van der Waals surface area (Å²) in [4.78, 5) is 17.6. The third-order valence-electron chi connectivity index (χ3n) is 8.15. The number of imidazole rings is 2. The molecule has 2 aromatic heterocycles. The Labute approximate surface area is 228 Å². The number of H-pyrrole nitrogens is 2. The largest absolute Gasteiger partial charge is 0.337 e. The van der Waals surface area contributed by atoms with Gasteiger partial charge >= 0.3 is 0 Å². The standard InChI is InChI=1S/C36H22N4/c1-5-16-27-23(12-1)24-13-2-6-17-28(24)32-31(27)37-35(38-32)21-10-9-11-22(20-21)36-39-33-29-18-7-3-14-25(29)26-15-4-8-19-30(26)34(33)40-36/h1-20H,(H,37,38)(H,39,40). The molecule has 0 spiro atoms. The minimum Gasteiger partial charge on any atom is -0.337 e. The predicted octanol–water partition coefficient (Wildman–Crippen LogP) is 9.39. The van der Waals surface area contributed by atoms with Gasteiger partial charge in [0, 0.05) is 32.7 Å². The maximum absolute atomic E-state index is 5.13. The fraction of sp³-hybridized carbons (Fsp3) is 0. The van der Waals surface area contributed by atoms with Gasteiger partial charge < -0.3 is 9.97 Å². The summed E-state index contributed by atoms with van der Waals surface area (Å²) in [6.07, 6.45) is 0. The zero-order chi connectivity index (χ0) is 26.2. The molecule has 0 unspecified atom stereocenters. The summed E-state index contributed by atoms with van der Waals surface area (Å²) in [5.74, 6) is 1.70. The second-order valence-electron chi connectivity index (χ2n) is 10.4. The van der Waals surface area contributed by atoms with E-state index in [1.807, 2.05) is 0 Å². The van der Waals surface area contributed by atoms with Crippen molar-refractivity contribution in [1.82, 2.24) is 19.9 Å². The van der Waals surface area contributed by atoms with Crippen molar-refractivity contribution < 1.29 is 0 Å². The Balaban J connectivity index is 1.26. The maximum Gasteiger partial charge on any atom is 0.138 e. The molecule has 0 aliphatic carbocycles. The van der Waals surface area contributed by atoms with Gasteiger partial charge in [0.25, 0.3) is 0 Å². The van der Waals surface area contributed by atoms with Gasteiger partial charge in [-0.2, -0.15) is 0 Å². The number of aromatic amines is 2. The number of hydrogen-bond acceptors (Lipinski definition) is 2. The molecule has 7 aromatic carbocycles. The third kappa shape index (κ3) is 2.96. The molecule has 0 fully saturated rings. The SMILES string of the molecule is c1cc(-c2nc3c4ccccc4c4ccccc4c3[nH]2)cc(-c2nc3c4ccccc4c4ccccc4c3[nH]2)c1. The normalized spacial score (nSPS) is 12.0. The first-order chi connectivity index (χ1) is 19.8. The average Bonchev–Trinajstić information content (AvgIpc) is 3.68. The number of aromatic nitrogens is 4. The Morgan fingerprint density at radius 3 is 1.12 bits per heavy atom. The predicted molar refractivity (Wildman–Crippen MR) is 167 cm³/mol. The van der Waals surface area contributed by atoms with Crippen LogP contribution in [0.1, 0.15) is 0 Å². The van der Waals surface area contributed by atoms with Gasteiger partial charge in [-0.3, -0.25) is 0 Å². The molecule has 0 bridgehead atoms. The molecule has 0 radical (unpaired) electrons. The van der Waals surface area contributed by atoms with E-state index in [1.54, 1.807) is 0 Å². The first kappa shape index (κ1) is 21.5. The minimum absolute atomic E-state index is 0.852. The molecule has 9 aromatic rings. The molecule has 186 valence electrons. The van der Waals surface area contributed by atoms with Gasteiger partial charge in [-0.15, -0.1) is 0 Å². The van der Waals surface area contributed by atoms with Crippen molar-refractivity contribution in [1.29, 1.82) is 0 Å². The summed E-state index contributed by atoms with van der Waals surface area (Å²) in [6.45, 7) is 0. The molecule has 40 heavy (non-hydrogen) atoms. The molecule has 4 heteroatoms. The van der Waals surface area contributed by atoms with Crippen LogP contribution in [0.4, 0.5) is 0 Å². The van der Waals surface area contributed by atoms with Crippen LogP contribution in [-0.4, -0.2) is 19.9 Å². The highest BCUT2D eigenvalue weighted by molar-refractivity contribution is 6.24. The van der Waals surface area contributed by atoms with E-state index in [2.05, 4.69) is 131 Å².